The summed E-state index contributed by atoms with van der Waals surface area (Å²) in [6.45, 7) is 10.7. The van der Waals surface area contributed by atoms with Crippen molar-refractivity contribution in [2.24, 2.45) is 29.1 Å². The van der Waals surface area contributed by atoms with E-state index in [1.165, 1.54) is 0 Å². The summed E-state index contributed by atoms with van der Waals surface area (Å²) in [4.78, 5) is 69.5. The zero-order chi connectivity index (χ0) is 50.8. The third kappa shape index (κ3) is 16.6. The van der Waals surface area contributed by atoms with Crippen LogP contribution in [0.2, 0.25) is 0 Å². The molecule has 5 unspecified atom stereocenters. The molecule has 1 saturated carbocycles. The van der Waals surface area contributed by atoms with Crippen molar-refractivity contribution in [3.8, 4) is 17.2 Å². The number of esters is 1. The molecule has 2 N–H and O–H groups in total. The maximum absolute atomic E-state index is 14.2. The van der Waals surface area contributed by atoms with Gasteiger partial charge in [-0.3, -0.25) is 24.0 Å². The van der Waals surface area contributed by atoms with Gasteiger partial charge in [-0.15, -0.1) is 0 Å². The Morgan fingerprint density at radius 2 is 1.49 bits per heavy atom. The van der Waals surface area contributed by atoms with Crippen LogP contribution >= 0.6 is 11.9 Å². The molecule has 0 saturated heterocycles. The predicted molar refractivity (Wildman–Crippen MR) is 275 cm³/mol. The molecule has 4 aromatic carbocycles. The number of amides is 1. The first-order chi connectivity index (χ1) is 33.5. The first kappa shape index (κ1) is 55.4. The molecule has 70 heavy (non-hydrogen) atoms. The number of aliphatic hydroxyl groups excluding tert-OH is 1. The maximum atomic E-state index is 14.2. The van der Waals surface area contributed by atoms with Crippen LogP contribution in [0.5, 0.6) is 17.2 Å². The number of aryl methyl sites for hydroxylation is 1. The zero-order valence-electron chi connectivity index (χ0n) is 42.4. The minimum atomic E-state index is -0.829. The second kappa shape index (κ2) is 27.2. The van der Waals surface area contributed by atoms with Crippen molar-refractivity contribution in [2.45, 2.75) is 122 Å². The van der Waals surface area contributed by atoms with E-state index >= 15 is 0 Å². The van der Waals surface area contributed by atoms with Gasteiger partial charge >= 0.3 is 5.97 Å². The normalized spacial score (nSPS) is 16.2. The van der Waals surface area contributed by atoms with Gasteiger partial charge in [0.1, 0.15) is 17.6 Å². The third-order valence-corrected chi connectivity index (χ3v) is 14.4. The van der Waals surface area contributed by atoms with E-state index in [1.54, 1.807) is 65.3 Å². The second-order valence-electron chi connectivity index (χ2n) is 19.5. The highest BCUT2D eigenvalue weighted by Gasteiger charge is 2.43. The molecular weight excluding hydrogens is 905 g/mol. The SMILES string of the molecule is CCC(C)(C)C(=O)C(=O)C1CCCCC1C(=O)OC(CCc1ccc(OC)c(OC)c1)c1cccc(NC(=O)CCC(=O)CC(Cc2ccccc2)C(O)CN(CC(C)C)Sc2ccc(OC)cc2)c1. The van der Waals surface area contributed by atoms with Crippen molar-refractivity contribution in [2.75, 3.05) is 39.7 Å². The topological polar surface area (TPSA) is 158 Å². The van der Waals surface area contributed by atoms with Gasteiger partial charge in [-0.25, -0.2) is 4.31 Å². The summed E-state index contributed by atoms with van der Waals surface area (Å²) in [5, 5.41) is 14.7. The first-order valence-electron chi connectivity index (χ1n) is 24.7. The molecule has 4 aromatic rings. The summed E-state index contributed by atoms with van der Waals surface area (Å²) in [5.41, 5.74) is 2.21. The molecule has 0 bridgehead atoms. The lowest BCUT2D eigenvalue weighted by Gasteiger charge is -2.32. The van der Waals surface area contributed by atoms with Crippen LogP contribution in [0, 0.1) is 29.1 Å². The van der Waals surface area contributed by atoms with E-state index in [0.717, 1.165) is 41.2 Å². The van der Waals surface area contributed by atoms with Gasteiger partial charge in [-0.1, -0.05) is 96.0 Å². The average molecular weight is 979 g/mol. The van der Waals surface area contributed by atoms with Gasteiger partial charge in [-0.2, -0.15) is 0 Å². The number of aliphatic hydroxyl groups is 1. The van der Waals surface area contributed by atoms with Crippen LogP contribution in [0.15, 0.2) is 102 Å². The van der Waals surface area contributed by atoms with Gasteiger partial charge in [0, 0.05) is 54.3 Å². The van der Waals surface area contributed by atoms with E-state index in [2.05, 4.69) is 23.5 Å². The first-order valence-corrected chi connectivity index (χ1v) is 25.5. The summed E-state index contributed by atoms with van der Waals surface area (Å²) < 4.78 is 24.8. The number of carbonyl (C=O) groups excluding carboxylic acids is 5. The fourth-order valence-corrected chi connectivity index (χ4v) is 10.0. The van der Waals surface area contributed by atoms with Crippen LogP contribution in [0.1, 0.15) is 115 Å². The number of anilines is 1. The van der Waals surface area contributed by atoms with Gasteiger partial charge < -0.3 is 29.4 Å². The minimum Gasteiger partial charge on any atom is -0.497 e. The van der Waals surface area contributed by atoms with E-state index in [0.29, 0.717) is 73.7 Å². The van der Waals surface area contributed by atoms with Crippen LogP contribution in [-0.4, -0.2) is 79.2 Å². The predicted octanol–water partition coefficient (Wildman–Crippen LogP) is 10.9. The minimum absolute atomic E-state index is 0.00931. The van der Waals surface area contributed by atoms with Crippen molar-refractivity contribution in [1.29, 1.82) is 0 Å². The van der Waals surface area contributed by atoms with Crippen molar-refractivity contribution in [3.63, 3.8) is 0 Å². The monoisotopic (exact) mass is 979 g/mol. The molecule has 1 amide bonds. The molecule has 0 aromatic heterocycles. The number of rotatable bonds is 28. The Balaban J connectivity index is 1.28. The fraction of sp³-hybridized carbons (Fsp3) is 0.491. The highest BCUT2D eigenvalue weighted by atomic mass is 32.2. The summed E-state index contributed by atoms with van der Waals surface area (Å²) in [5.74, 6) is -1.60. The van der Waals surface area contributed by atoms with Gasteiger partial charge in [0.15, 0.2) is 11.5 Å². The van der Waals surface area contributed by atoms with E-state index in [1.807, 2.05) is 85.8 Å². The Hall–Kier alpha value is -5.50. The molecule has 5 rings (SSSR count). The third-order valence-electron chi connectivity index (χ3n) is 13.3. The molecule has 0 heterocycles. The molecular formula is C57H74N2O10S. The van der Waals surface area contributed by atoms with Crippen LogP contribution in [0.3, 0.4) is 0 Å². The lowest BCUT2D eigenvalue weighted by atomic mass is 9.72. The number of carbonyl (C=O) groups is 5. The second-order valence-corrected chi connectivity index (χ2v) is 20.7. The van der Waals surface area contributed by atoms with E-state index in [9.17, 15) is 29.1 Å². The van der Waals surface area contributed by atoms with Gasteiger partial charge in [0.2, 0.25) is 17.5 Å². The molecule has 5 atom stereocenters. The number of hydrogen-bond acceptors (Lipinski definition) is 12. The summed E-state index contributed by atoms with van der Waals surface area (Å²) >= 11 is 1.56. The quantitative estimate of drug-likeness (QED) is 0.0316. The molecule has 12 nitrogen and oxygen atoms in total. The van der Waals surface area contributed by atoms with Crippen LogP contribution in [-0.2, 0) is 41.6 Å². The smallest absolute Gasteiger partial charge is 0.310 e. The van der Waals surface area contributed by atoms with Crippen LogP contribution in [0.25, 0.3) is 0 Å². The Kier molecular flexibility index (Phi) is 21.5. The van der Waals surface area contributed by atoms with Crippen LogP contribution < -0.4 is 19.5 Å². The average Bonchev–Trinajstić information content (AvgIpc) is 3.36. The Labute approximate surface area is 419 Å². The number of benzene rings is 4. The van der Waals surface area contributed by atoms with E-state index in [-0.39, 0.29) is 36.9 Å². The summed E-state index contributed by atoms with van der Waals surface area (Å²) in [6.07, 6.45) is 2.68. The number of ketones is 3. The van der Waals surface area contributed by atoms with Gasteiger partial charge in [-0.05, 0) is 128 Å². The number of methoxy groups -OCH3 is 3. The molecule has 1 fully saturated rings. The molecule has 1 aliphatic carbocycles. The molecule has 378 valence electrons. The summed E-state index contributed by atoms with van der Waals surface area (Å²) in [7, 11) is 4.77. The molecule has 0 aliphatic heterocycles. The standard InChI is InChI=1S/C57H74N2O10S/c1-9-57(4,5)55(64)54(63)47-20-13-14-21-48(47)56(65)69-50(29-22-40-23-30-51(67-7)52(33-40)68-8)41-18-15-19-43(34-41)58-53(62)31-24-44(60)35-42(32-39-16-11-10-12-17-39)49(61)37-59(36-38(2)3)70-46-27-25-45(66-6)26-28-46/h10-12,15-19,23,25-28,30,33-34,38,42,47-50,61H,9,13-14,20-22,24,29,31-32,35-37H2,1-8H3,(H,58,62). The van der Waals surface area contributed by atoms with E-state index < -0.39 is 47.0 Å². The molecule has 0 radical (unpaired) electrons. The Morgan fingerprint density at radius 1 is 0.786 bits per heavy atom. The van der Waals surface area contributed by atoms with Crippen LogP contribution in [0.4, 0.5) is 5.69 Å². The van der Waals surface area contributed by atoms with Gasteiger partial charge in [0.05, 0.1) is 33.4 Å². The number of hydrogen-bond donors (Lipinski definition) is 2. The number of nitrogens with one attached hydrogen (secondary N) is 1. The number of ether oxygens (including phenoxy) is 4. The van der Waals surface area contributed by atoms with Gasteiger partial charge in [0.25, 0.3) is 0 Å². The molecule has 13 heteroatoms. The lowest BCUT2D eigenvalue weighted by molar-refractivity contribution is -0.161. The van der Waals surface area contributed by atoms with Crippen molar-refractivity contribution < 1.29 is 48.0 Å². The summed E-state index contributed by atoms with van der Waals surface area (Å²) in [6, 6.07) is 30.4. The van der Waals surface area contributed by atoms with Crippen molar-refractivity contribution >= 4 is 46.9 Å². The molecule has 1 aliphatic rings. The largest absolute Gasteiger partial charge is 0.497 e. The zero-order valence-corrected chi connectivity index (χ0v) is 43.2. The fourth-order valence-electron chi connectivity index (χ4n) is 8.89. The Morgan fingerprint density at radius 3 is 2.14 bits per heavy atom. The lowest BCUT2D eigenvalue weighted by Crippen LogP contribution is -2.42. The van der Waals surface area contributed by atoms with Crippen molar-refractivity contribution in [1.82, 2.24) is 4.31 Å². The highest BCUT2D eigenvalue weighted by Crippen LogP contribution is 2.38. The maximum Gasteiger partial charge on any atom is 0.310 e. The number of nitrogens with zero attached hydrogens (tertiary/aromatic N) is 1. The Bertz CT molecular complexity index is 2340. The number of Topliss-reactive ketones (excluding diaryl/α,β-unsaturated/α-hetero) is 3. The van der Waals surface area contributed by atoms with Crippen molar-refractivity contribution in [3.05, 3.63) is 114 Å². The molecule has 0 spiro atoms. The highest BCUT2D eigenvalue weighted by molar-refractivity contribution is 7.97. The van der Waals surface area contributed by atoms with E-state index in [4.69, 9.17) is 18.9 Å².